The van der Waals surface area contributed by atoms with Crippen LogP contribution in [0.4, 0.5) is 0 Å². The number of piperidine rings is 1. The average Bonchev–Trinajstić information content (AvgIpc) is 3.03. The van der Waals surface area contributed by atoms with Crippen LogP contribution in [0.5, 0.6) is 0 Å². The third-order valence-electron chi connectivity index (χ3n) is 10.2. The summed E-state index contributed by atoms with van der Waals surface area (Å²) >= 11 is 11.8. The summed E-state index contributed by atoms with van der Waals surface area (Å²) in [6.07, 6.45) is 14.2. The molecule has 46 heavy (non-hydrogen) atoms. The summed E-state index contributed by atoms with van der Waals surface area (Å²) in [7, 11) is 1.89. The van der Waals surface area contributed by atoms with Crippen molar-refractivity contribution in [1.29, 1.82) is 0 Å². The van der Waals surface area contributed by atoms with Crippen molar-refractivity contribution >= 4 is 34.6 Å². The zero-order valence-corrected chi connectivity index (χ0v) is 30.1. The molecule has 6 rings (SSSR count). The number of rotatable bonds is 8. The molecule has 2 aromatic rings. The highest BCUT2D eigenvalue weighted by molar-refractivity contribution is 6.35. The first kappa shape index (κ1) is 34.8. The Morgan fingerprint density at radius 1 is 1.04 bits per heavy atom. The summed E-state index contributed by atoms with van der Waals surface area (Å²) in [5.74, 6) is 4.00. The first-order valence-corrected chi connectivity index (χ1v) is 18.2. The van der Waals surface area contributed by atoms with E-state index >= 15 is 0 Å². The van der Waals surface area contributed by atoms with Crippen molar-refractivity contribution in [3.8, 4) is 0 Å². The van der Waals surface area contributed by atoms with Gasteiger partial charge in [-0.1, -0.05) is 86.0 Å². The SMILES string of the molecule is CC(C)CCc1ccc(Cl)cc1Cl.CN=C1COC2=C(C(C)CC=C2)N1CCN1CCC(c2ccccc2C(C)=C2CCC2)CC1. The van der Waals surface area contributed by atoms with Crippen molar-refractivity contribution in [2.75, 3.05) is 39.8 Å². The minimum absolute atomic E-state index is 0.484. The number of amidine groups is 1. The smallest absolute Gasteiger partial charge is 0.146 e. The number of nitrogens with zero attached hydrogens (tertiary/aromatic N) is 3. The van der Waals surface area contributed by atoms with E-state index in [1.807, 2.05) is 19.2 Å². The molecular weight excluding hydrogens is 609 g/mol. The first-order valence-electron chi connectivity index (χ1n) is 17.5. The third-order valence-corrected chi connectivity index (χ3v) is 10.8. The molecule has 1 saturated carbocycles. The zero-order valence-electron chi connectivity index (χ0n) is 28.6. The van der Waals surface area contributed by atoms with Crippen molar-refractivity contribution in [3.05, 3.63) is 98.4 Å². The number of halogens is 2. The Labute approximate surface area is 288 Å². The fraction of sp³-hybridized carbons (Fsp3) is 0.525. The van der Waals surface area contributed by atoms with Crippen LogP contribution >= 0.6 is 23.2 Å². The number of allylic oxidation sites excluding steroid dienone is 5. The van der Waals surface area contributed by atoms with E-state index in [1.165, 1.54) is 68.4 Å². The second-order valence-corrected chi connectivity index (χ2v) is 14.7. The van der Waals surface area contributed by atoms with Crippen LogP contribution in [-0.4, -0.2) is 55.5 Å². The Kier molecular flexibility index (Phi) is 12.5. The average molecular weight is 663 g/mol. The van der Waals surface area contributed by atoms with E-state index in [1.54, 1.807) is 22.8 Å². The van der Waals surface area contributed by atoms with Crippen LogP contribution in [0, 0.1) is 11.8 Å². The molecule has 0 N–H and O–H groups in total. The maximum absolute atomic E-state index is 6.03. The van der Waals surface area contributed by atoms with Gasteiger partial charge in [-0.3, -0.25) is 4.99 Å². The van der Waals surface area contributed by atoms with Gasteiger partial charge in [0, 0.05) is 36.1 Å². The van der Waals surface area contributed by atoms with Crippen molar-refractivity contribution in [2.24, 2.45) is 16.8 Å². The van der Waals surface area contributed by atoms with Crippen molar-refractivity contribution in [3.63, 3.8) is 0 Å². The molecule has 1 atom stereocenters. The molecule has 248 valence electrons. The molecule has 0 amide bonds. The Morgan fingerprint density at radius 2 is 1.80 bits per heavy atom. The number of aliphatic imine (C=N–C) groups is 1. The van der Waals surface area contributed by atoms with Crippen molar-refractivity contribution in [1.82, 2.24) is 9.80 Å². The maximum atomic E-state index is 6.03. The lowest BCUT2D eigenvalue weighted by Gasteiger charge is -2.40. The molecule has 0 bridgehead atoms. The predicted octanol–water partition coefficient (Wildman–Crippen LogP) is 10.6. The van der Waals surface area contributed by atoms with E-state index in [0.29, 0.717) is 29.4 Å². The van der Waals surface area contributed by atoms with Crippen LogP contribution in [0.25, 0.3) is 5.57 Å². The normalized spacial score (nSPS) is 21.1. The molecule has 0 aromatic heterocycles. The number of benzene rings is 2. The number of aryl methyl sites for hydroxylation is 1. The van der Waals surface area contributed by atoms with Crippen molar-refractivity contribution < 1.29 is 4.74 Å². The van der Waals surface area contributed by atoms with Gasteiger partial charge in [0.1, 0.15) is 18.2 Å². The summed E-state index contributed by atoms with van der Waals surface area (Å²) in [5.41, 5.74) is 8.85. The summed E-state index contributed by atoms with van der Waals surface area (Å²) in [6.45, 7) is 14.1. The molecule has 2 aliphatic heterocycles. The molecule has 2 fully saturated rings. The van der Waals surface area contributed by atoms with Crippen LogP contribution in [-0.2, 0) is 11.2 Å². The monoisotopic (exact) mass is 661 g/mol. The molecule has 6 heteroatoms. The maximum Gasteiger partial charge on any atom is 0.146 e. The Hall–Kier alpha value is -2.53. The summed E-state index contributed by atoms with van der Waals surface area (Å²) in [6, 6.07) is 14.9. The second-order valence-electron chi connectivity index (χ2n) is 13.8. The highest BCUT2D eigenvalue weighted by Crippen LogP contribution is 2.39. The van der Waals surface area contributed by atoms with Gasteiger partial charge < -0.3 is 14.5 Å². The molecule has 1 saturated heterocycles. The van der Waals surface area contributed by atoms with Gasteiger partial charge in [0.05, 0.1) is 5.70 Å². The molecular formula is C40H53Cl2N3O. The molecule has 2 aliphatic carbocycles. The highest BCUT2D eigenvalue weighted by atomic mass is 35.5. The van der Waals surface area contributed by atoms with Gasteiger partial charge in [-0.15, -0.1) is 0 Å². The molecule has 2 heterocycles. The predicted molar refractivity (Wildman–Crippen MR) is 197 cm³/mol. The lowest BCUT2D eigenvalue weighted by molar-refractivity contribution is 0.177. The van der Waals surface area contributed by atoms with E-state index < -0.39 is 0 Å². The minimum Gasteiger partial charge on any atom is -0.484 e. The molecule has 0 radical (unpaired) electrons. The van der Waals surface area contributed by atoms with Gasteiger partial charge >= 0.3 is 0 Å². The van der Waals surface area contributed by atoms with Crippen LogP contribution in [0.3, 0.4) is 0 Å². The summed E-state index contributed by atoms with van der Waals surface area (Å²) < 4.78 is 6.00. The van der Waals surface area contributed by atoms with E-state index in [2.05, 4.69) is 78.9 Å². The Bertz CT molecular complexity index is 1460. The van der Waals surface area contributed by atoms with Gasteiger partial charge in [0.25, 0.3) is 0 Å². The number of likely N-dealkylation sites (tertiary alicyclic amines) is 1. The van der Waals surface area contributed by atoms with E-state index in [0.717, 1.165) is 42.5 Å². The van der Waals surface area contributed by atoms with Crippen LogP contribution in [0.1, 0.15) is 95.2 Å². The molecule has 4 nitrogen and oxygen atoms in total. The number of hydrogen-bond donors (Lipinski definition) is 0. The largest absolute Gasteiger partial charge is 0.484 e. The summed E-state index contributed by atoms with van der Waals surface area (Å²) in [4.78, 5) is 9.66. The topological polar surface area (TPSA) is 28.1 Å². The summed E-state index contributed by atoms with van der Waals surface area (Å²) in [5, 5.41) is 1.49. The standard InChI is InChI=1S/C29H39N3O.C11H14Cl2/c1-21-8-6-13-27-29(21)32(28(30-3)20-33-27)19-18-31-16-14-24(15-17-31)26-12-5-4-11-25(26)22(2)23-9-7-10-23;1-8(2)3-4-9-5-6-10(12)7-11(9)13/h4-6,11-13,21,24H,7-10,14-20H2,1-3H3;5-8H,3-4H2,1-2H3. The Morgan fingerprint density at radius 3 is 2.48 bits per heavy atom. The van der Waals surface area contributed by atoms with Gasteiger partial charge in [0.2, 0.25) is 0 Å². The fourth-order valence-corrected chi connectivity index (χ4v) is 7.63. The lowest BCUT2D eigenvalue weighted by Crippen LogP contribution is -2.46. The zero-order chi connectivity index (χ0) is 32.6. The quantitative estimate of drug-likeness (QED) is 0.282. The minimum atomic E-state index is 0.484. The van der Waals surface area contributed by atoms with Crippen molar-refractivity contribution in [2.45, 2.75) is 85.0 Å². The molecule has 0 spiro atoms. The molecule has 1 unspecified atom stereocenters. The van der Waals surface area contributed by atoms with Gasteiger partial charge in [0.15, 0.2) is 0 Å². The van der Waals surface area contributed by atoms with E-state index in [4.69, 9.17) is 27.9 Å². The van der Waals surface area contributed by atoms with Gasteiger partial charge in [-0.2, -0.15) is 0 Å². The second kappa shape index (κ2) is 16.5. The van der Waals surface area contributed by atoms with Gasteiger partial charge in [-0.25, -0.2) is 0 Å². The number of hydrogen-bond acceptors (Lipinski definition) is 3. The van der Waals surface area contributed by atoms with Crippen LogP contribution in [0.2, 0.25) is 10.0 Å². The fourth-order valence-electron chi connectivity index (χ4n) is 7.13. The van der Waals surface area contributed by atoms with E-state index in [-0.39, 0.29) is 0 Å². The van der Waals surface area contributed by atoms with Crippen LogP contribution < -0.4 is 0 Å². The van der Waals surface area contributed by atoms with Crippen LogP contribution in [0.15, 0.2) is 76.6 Å². The Balaban J connectivity index is 0.000000270. The molecule has 4 aliphatic rings. The molecule has 2 aromatic carbocycles. The first-order chi connectivity index (χ1) is 22.2. The number of ether oxygens (including phenoxy) is 1. The van der Waals surface area contributed by atoms with E-state index in [9.17, 15) is 0 Å². The lowest BCUT2D eigenvalue weighted by atomic mass is 9.80. The van der Waals surface area contributed by atoms with Gasteiger partial charge in [-0.05, 0) is 124 Å². The highest BCUT2D eigenvalue weighted by Gasteiger charge is 2.31. The third kappa shape index (κ3) is 8.68.